The zero-order valence-corrected chi connectivity index (χ0v) is 14.1. The summed E-state index contributed by atoms with van der Waals surface area (Å²) in [5.74, 6) is -0.704. The number of halogens is 3. The third-order valence-corrected chi connectivity index (χ3v) is 4.86. The molecule has 0 radical (unpaired) electrons. The standard InChI is InChI=1S/C16H18F3N7/c1-25-7-12(6-21-25)23-14-15-20-9-22-26(15)8-13(24-14)10-2-4-11(5-3-10)16(17,18)19/h6-11H,2-5H2,1H3,(H,23,24). The van der Waals surface area contributed by atoms with Gasteiger partial charge in [0, 0.05) is 19.2 Å². The van der Waals surface area contributed by atoms with Crippen molar-refractivity contribution in [3.63, 3.8) is 0 Å². The van der Waals surface area contributed by atoms with Crippen LogP contribution in [-0.2, 0) is 7.05 Å². The van der Waals surface area contributed by atoms with Gasteiger partial charge in [0.05, 0.1) is 29.7 Å². The van der Waals surface area contributed by atoms with Crippen LogP contribution in [0.4, 0.5) is 24.7 Å². The largest absolute Gasteiger partial charge is 0.391 e. The van der Waals surface area contributed by atoms with Crippen molar-refractivity contribution in [3.8, 4) is 0 Å². The van der Waals surface area contributed by atoms with Crippen LogP contribution < -0.4 is 5.32 Å². The minimum atomic E-state index is -4.11. The van der Waals surface area contributed by atoms with Crippen molar-refractivity contribution in [2.24, 2.45) is 13.0 Å². The van der Waals surface area contributed by atoms with Crippen LogP contribution in [0.5, 0.6) is 0 Å². The van der Waals surface area contributed by atoms with Crippen LogP contribution in [-0.4, -0.2) is 35.5 Å². The minimum absolute atomic E-state index is 0.0170. The van der Waals surface area contributed by atoms with Crippen molar-refractivity contribution >= 4 is 17.2 Å². The van der Waals surface area contributed by atoms with Gasteiger partial charge in [0.2, 0.25) is 0 Å². The number of alkyl halides is 3. The molecule has 1 N–H and O–H groups in total. The Morgan fingerprint density at radius 3 is 2.54 bits per heavy atom. The lowest BCUT2D eigenvalue weighted by atomic mass is 9.80. The molecule has 3 aromatic heterocycles. The van der Waals surface area contributed by atoms with E-state index in [0.29, 0.717) is 24.3 Å². The Bertz CT molecular complexity index is 906. The highest BCUT2D eigenvalue weighted by molar-refractivity contribution is 5.68. The maximum atomic E-state index is 12.9. The summed E-state index contributed by atoms with van der Waals surface area (Å²) in [4.78, 5) is 8.84. The van der Waals surface area contributed by atoms with Gasteiger partial charge in [-0.2, -0.15) is 23.4 Å². The van der Waals surface area contributed by atoms with Gasteiger partial charge in [0.25, 0.3) is 0 Å². The predicted octanol–water partition coefficient (Wildman–Crippen LogP) is 3.44. The number of aromatic nitrogens is 6. The zero-order valence-electron chi connectivity index (χ0n) is 14.1. The Labute approximate surface area is 147 Å². The lowest BCUT2D eigenvalue weighted by molar-refractivity contribution is -0.182. The summed E-state index contributed by atoms with van der Waals surface area (Å²) in [6.45, 7) is 0. The second kappa shape index (κ2) is 6.26. The first-order valence-corrected chi connectivity index (χ1v) is 8.43. The highest BCUT2D eigenvalue weighted by Gasteiger charge is 2.41. The van der Waals surface area contributed by atoms with Crippen LogP contribution in [0.1, 0.15) is 37.3 Å². The molecule has 138 valence electrons. The van der Waals surface area contributed by atoms with Crippen LogP contribution in [0.2, 0.25) is 0 Å². The first kappa shape index (κ1) is 16.8. The van der Waals surface area contributed by atoms with Gasteiger partial charge in [0.1, 0.15) is 6.33 Å². The number of hydrogen-bond donors (Lipinski definition) is 1. The van der Waals surface area contributed by atoms with Gasteiger partial charge in [0.15, 0.2) is 11.5 Å². The molecule has 0 amide bonds. The fraction of sp³-hybridized carbons (Fsp3) is 0.500. The van der Waals surface area contributed by atoms with Crippen molar-refractivity contribution in [3.05, 3.63) is 30.6 Å². The zero-order chi connectivity index (χ0) is 18.3. The normalized spacial score (nSPS) is 21.2. The Morgan fingerprint density at radius 2 is 1.88 bits per heavy atom. The van der Waals surface area contributed by atoms with Crippen molar-refractivity contribution in [2.75, 3.05) is 5.32 Å². The maximum absolute atomic E-state index is 12.9. The van der Waals surface area contributed by atoms with E-state index in [1.54, 1.807) is 34.8 Å². The Morgan fingerprint density at radius 1 is 1.12 bits per heavy atom. The minimum Gasteiger partial charge on any atom is -0.334 e. The number of hydrogen-bond acceptors (Lipinski definition) is 5. The molecule has 1 saturated carbocycles. The van der Waals surface area contributed by atoms with Crippen molar-refractivity contribution < 1.29 is 13.2 Å². The Hall–Kier alpha value is -2.65. The fourth-order valence-corrected chi connectivity index (χ4v) is 3.47. The molecule has 26 heavy (non-hydrogen) atoms. The molecule has 0 aliphatic heterocycles. The summed E-state index contributed by atoms with van der Waals surface area (Å²) in [5.41, 5.74) is 2.04. The quantitative estimate of drug-likeness (QED) is 0.770. The second-order valence-electron chi connectivity index (χ2n) is 6.66. The van der Waals surface area contributed by atoms with Gasteiger partial charge < -0.3 is 5.32 Å². The lowest BCUT2D eigenvalue weighted by Crippen LogP contribution is -2.27. The van der Waals surface area contributed by atoms with Crippen molar-refractivity contribution in [1.82, 2.24) is 29.4 Å². The molecule has 0 aromatic carbocycles. The van der Waals surface area contributed by atoms with Crippen LogP contribution in [0.15, 0.2) is 24.9 Å². The van der Waals surface area contributed by atoms with E-state index in [4.69, 9.17) is 0 Å². The molecule has 0 atom stereocenters. The molecule has 0 bridgehead atoms. The topological polar surface area (TPSA) is 72.9 Å². The molecule has 0 spiro atoms. The summed E-state index contributed by atoms with van der Waals surface area (Å²) in [6, 6.07) is 0. The van der Waals surface area contributed by atoms with Crippen LogP contribution in [0.25, 0.3) is 5.65 Å². The molecular weight excluding hydrogens is 347 g/mol. The fourth-order valence-electron chi connectivity index (χ4n) is 3.47. The summed E-state index contributed by atoms with van der Waals surface area (Å²) in [5, 5.41) is 11.4. The van der Waals surface area contributed by atoms with Crippen LogP contribution >= 0.6 is 0 Å². The summed E-state index contributed by atoms with van der Waals surface area (Å²) in [6.07, 6.45) is 3.73. The van der Waals surface area contributed by atoms with Crippen LogP contribution in [0.3, 0.4) is 0 Å². The molecule has 1 fully saturated rings. The highest BCUT2D eigenvalue weighted by atomic mass is 19.4. The van der Waals surface area contributed by atoms with E-state index in [-0.39, 0.29) is 18.8 Å². The van der Waals surface area contributed by atoms with Gasteiger partial charge in [-0.05, 0) is 25.7 Å². The smallest absolute Gasteiger partial charge is 0.334 e. The summed E-state index contributed by atoms with van der Waals surface area (Å²) in [7, 11) is 1.81. The molecule has 4 rings (SSSR count). The molecule has 7 nitrogen and oxygen atoms in total. The van der Waals surface area contributed by atoms with Crippen LogP contribution in [0, 0.1) is 5.92 Å². The molecule has 1 aliphatic carbocycles. The van der Waals surface area contributed by atoms with E-state index in [1.165, 1.54) is 6.33 Å². The number of nitrogens with one attached hydrogen (secondary N) is 1. The number of anilines is 2. The van der Waals surface area contributed by atoms with Gasteiger partial charge in [-0.25, -0.2) is 14.5 Å². The van der Waals surface area contributed by atoms with Crippen molar-refractivity contribution in [2.45, 2.75) is 37.8 Å². The average molecular weight is 365 g/mol. The molecule has 0 saturated heterocycles. The first-order valence-electron chi connectivity index (χ1n) is 8.43. The maximum Gasteiger partial charge on any atom is 0.391 e. The van der Waals surface area contributed by atoms with Gasteiger partial charge >= 0.3 is 6.18 Å². The second-order valence-corrected chi connectivity index (χ2v) is 6.66. The molecular formula is C16H18F3N7. The van der Waals surface area contributed by atoms with Gasteiger partial charge in [-0.1, -0.05) is 0 Å². The molecule has 1 aliphatic rings. The van der Waals surface area contributed by atoms with E-state index < -0.39 is 12.1 Å². The average Bonchev–Trinajstić information content (AvgIpc) is 3.23. The number of nitrogens with zero attached hydrogens (tertiary/aromatic N) is 6. The molecule has 10 heteroatoms. The summed E-state index contributed by atoms with van der Waals surface area (Å²) < 4.78 is 41.9. The van der Waals surface area contributed by atoms with Gasteiger partial charge in [-0.15, -0.1) is 0 Å². The van der Waals surface area contributed by atoms with E-state index in [0.717, 1.165) is 11.4 Å². The summed E-state index contributed by atoms with van der Waals surface area (Å²) >= 11 is 0. The number of rotatable bonds is 3. The molecule has 3 heterocycles. The number of fused-ring (bicyclic) bond motifs is 1. The van der Waals surface area contributed by atoms with Crippen molar-refractivity contribution in [1.29, 1.82) is 0 Å². The molecule has 3 aromatic rings. The van der Waals surface area contributed by atoms with E-state index in [2.05, 4.69) is 25.5 Å². The Balaban J connectivity index is 1.60. The number of aryl methyl sites for hydroxylation is 1. The third-order valence-electron chi connectivity index (χ3n) is 4.86. The van der Waals surface area contributed by atoms with E-state index >= 15 is 0 Å². The third kappa shape index (κ3) is 3.23. The highest BCUT2D eigenvalue weighted by Crippen LogP contribution is 2.42. The van der Waals surface area contributed by atoms with E-state index in [9.17, 15) is 13.2 Å². The monoisotopic (exact) mass is 365 g/mol. The lowest BCUT2D eigenvalue weighted by Gasteiger charge is -2.29. The molecule has 0 unspecified atom stereocenters. The first-order chi connectivity index (χ1) is 12.4. The van der Waals surface area contributed by atoms with E-state index in [1.807, 2.05) is 0 Å². The predicted molar refractivity (Wildman–Crippen MR) is 88.0 cm³/mol. The SMILES string of the molecule is Cn1cc(Nc2nc(C3CCC(C(F)(F)F)CC3)cn3ncnc23)cn1. The van der Waals surface area contributed by atoms with Gasteiger partial charge in [-0.3, -0.25) is 4.68 Å². The Kier molecular flexibility index (Phi) is 4.04.